The van der Waals surface area contributed by atoms with E-state index in [4.69, 9.17) is 30.3 Å². The second kappa shape index (κ2) is 12.1. The molecule has 5 aromatic rings. The maximum Gasteiger partial charge on any atom is 0.308 e. The number of ether oxygens (including phenoxy) is 3. The van der Waals surface area contributed by atoms with Gasteiger partial charge in [0.25, 0.3) is 15.9 Å². The normalized spacial score (nSPS) is 11.8. The van der Waals surface area contributed by atoms with Gasteiger partial charge in [0.1, 0.15) is 32.9 Å². The molecule has 0 saturated heterocycles. The Morgan fingerprint density at radius 1 is 1.10 bits per heavy atom. The number of thiophene rings is 1. The first kappa shape index (κ1) is 29.0. The van der Waals surface area contributed by atoms with Crippen LogP contribution in [0, 0.1) is 6.92 Å². The fourth-order valence-corrected chi connectivity index (χ4v) is 7.72. The number of aryl methyl sites for hydroxylation is 1. The number of methoxy groups -OCH3 is 1. The Bertz CT molecular complexity index is 1840. The second-order valence-corrected chi connectivity index (χ2v) is 12.3. The smallest absolute Gasteiger partial charge is 0.308 e. The number of carbonyl (C=O) groups is 1. The standard InChI is InChI=1S/C28H26ClN3O7S2/c1-17-24(29)28(39-31-17)32(16-37-14-13-36-3)41(34,35)26-22-9-6-12-30-27(22)40-23(26)15-20-11-10-19-7-4-5-8-21(19)25(20)38-18(2)33/h4-12H,13-16H2,1-3H3. The van der Waals surface area contributed by atoms with E-state index in [-0.39, 0.29) is 35.4 Å². The van der Waals surface area contributed by atoms with Gasteiger partial charge in [-0.15, -0.1) is 11.3 Å². The predicted octanol–water partition coefficient (Wildman–Crippen LogP) is 5.73. The van der Waals surface area contributed by atoms with Crippen molar-refractivity contribution in [3.8, 4) is 5.75 Å². The van der Waals surface area contributed by atoms with Crippen LogP contribution in [0.2, 0.25) is 5.02 Å². The number of rotatable bonds is 11. The molecule has 0 aliphatic rings. The fraction of sp³-hybridized carbons (Fsp3) is 0.250. The van der Waals surface area contributed by atoms with Gasteiger partial charge in [-0.1, -0.05) is 53.2 Å². The lowest BCUT2D eigenvalue weighted by molar-refractivity contribution is -0.131. The average molecular weight is 616 g/mol. The minimum absolute atomic E-state index is 0.0213. The summed E-state index contributed by atoms with van der Waals surface area (Å²) < 4.78 is 51.6. The summed E-state index contributed by atoms with van der Waals surface area (Å²) in [6.07, 6.45) is 1.74. The number of hydrogen-bond donors (Lipinski definition) is 0. The van der Waals surface area contributed by atoms with E-state index in [9.17, 15) is 13.2 Å². The molecular weight excluding hydrogens is 590 g/mol. The van der Waals surface area contributed by atoms with E-state index in [0.29, 0.717) is 32.1 Å². The summed E-state index contributed by atoms with van der Waals surface area (Å²) in [5, 5.41) is 5.94. The molecular formula is C28H26ClN3O7S2. The number of benzene rings is 2. The summed E-state index contributed by atoms with van der Waals surface area (Å²) in [6, 6.07) is 14.6. The zero-order valence-corrected chi connectivity index (χ0v) is 24.8. The van der Waals surface area contributed by atoms with Crippen LogP contribution in [0.3, 0.4) is 0 Å². The third kappa shape index (κ3) is 5.79. The summed E-state index contributed by atoms with van der Waals surface area (Å²) in [4.78, 5) is 17.5. The van der Waals surface area contributed by atoms with Crippen LogP contribution in [0.4, 0.5) is 5.88 Å². The van der Waals surface area contributed by atoms with Crippen molar-refractivity contribution < 1.29 is 31.9 Å². The van der Waals surface area contributed by atoms with E-state index in [1.807, 2.05) is 36.4 Å². The van der Waals surface area contributed by atoms with Crippen LogP contribution >= 0.6 is 22.9 Å². The first-order valence-corrected chi connectivity index (χ1v) is 15.1. The monoisotopic (exact) mass is 615 g/mol. The van der Waals surface area contributed by atoms with Crippen molar-refractivity contribution >= 4 is 65.8 Å². The van der Waals surface area contributed by atoms with Crippen LogP contribution in [0.15, 0.2) is 64.1 Å². The molecule has 0 atom stereocenters. The lowest BCUT2D eigenvalue weighted by atomic mass is 10.0. The largest absolute Gasteiger partial charge is 0.426 e. The van der Waals surface area contributed by atoms with Gasteiger partial charge in [-0.3, -0.25) is 4.79 Å². The molecule has 5 rings (SSSR count). The molecule has 214 valence electrons. The van der Waals surface area contributed by atoms with Crippen LogP contribution in [0.1, 0.15) is 23.1 Å². The van der Waals surface area contributed by atoms with E-state index < -0.39 is 22.7 Å². The fourth-order valence-electron chi connectivity index (χ4n) is 4.36. The highest BCUT2D eigenvalue weighted by atomic mass is 35.5. The van der Waals surface area contributed by atoms with Gasteiger partial charge in [-0.05, 0) is 24.4 Å². The number of esters is 1. The molecule has 0 radical (unpaired) electrons. The number of sulfonamides is 1. The van der Waals surface area contributed by atoms with E-state index in [1.54, 1.807) is 25.3 Å². The van der Waals surface area contributed by atoms with Crippen molar-refractivity contribution in [2.24, 2.45) is 0 Å². The first-order valence-electron chi connectivity index (χ1n) is 12.5. The second-order valence-electron chi connectivity index (χ2n) is 9.03. The van der Waals surface area contributed by atoms with Crippen LogP contribution < -0.4 is 9.04 Å². The van der Waals surface area contributed by atoms with E-state index in [1.165, 1.54) is 25.4 Å². The summed E-state index contributed by atoms with van der Waals surface area (Å²) in [6.45, 7) is 2.93. The highest BCUT2D eigenvalue weighted by Crippen LogP contribution is 2.41. The molecule has 10 nitrogen and oxygen atoms in total. The molecule has 0 bridgehead atoms. The van der Waals surface area contributed by atoms with Crippen LogP contribution in [0.25, 0.3) is 21.0 Å². The minimum Gasteiger partial charge on any atom is -0.426 e. The number of pyridine rings is 1. The average Bonchev–Trinajstić information content (AvgIpc) is 3.49. The van der Waals surface area contributed by atoms with E-state index in [0.717, 1.165) is 15.1 Å². The Morgan fingerprint density at radius 3 is 2.61 bits per heavy atom. The van der Waals surface area contributed by atoms with Crippen molar-refractivity contribution in [2.45, 2.75) is 25.2 Å². The molecule has 3 aromatic heterocycles. The van der Waals surface area contributed by atoms with Crippen LogP contribution in [0.5, 0.6) is 5.75 Å². The number of carbonyl (C=O) groups excluding carboxylic acids is 1. The Morgan fingerprint density at radius 2 is 1.88 bits per heavy atom. The topological polar surface area (TPSA) is 121 Å². The lowest BCUT2D eigenvalue weighted by Gasteiger charge is -2.22. The molecule has 0 aliphatic heterocycles. The Balaban J connectivity index is 1.67. The summed E-state index contributed by atoms with van der Waals surface area (Å²) in [5.74, 6) is -0.275. The summed E-state index contributed by atoms with van der Waals surface area (Å²) >= 11 is 7.66. The Labute approximate surface area is 245 Å². The minimum atomic E-state index is -4.35. The predicted molar refractivity (Wildman–Crippen MR) is 156 cm³/mol. The van der Waals surface area contributed by atoms with Crippen molar-refractivity contribution in [3.63, 3.8) is 0 Å². The van der Waals surface area contributed by atoms with Gasteiger partial charge in [-0.2, -0.15) is 0 Å². The molecule has 13 heteroatoms. The molecule has 0 N–H and O–H groups in total. The Kier molecular flexibility index (Phi) is 8.57. The molecule has 2 aromatic carbocycles. The highest BCUT2D eigenvalue weighted by Gasteiger charge is 2.36. The van der Waals surface area contributed by atoms with Crippen LogP contribution in [-0.4, -0.2) is 51.6 Å². The van der Waals surface area contributed by atoms with Gasteiger partial charge in [0, 0.05) is 47.9 Å². The van der Waals surface area contributed by atoms with Gasteiger partial charge in [0.05, 0.1) is 13.2 Å². The van der Waals surface area contributed by atoms with Crippen LogP contribution in [-0.2, 0) is 30.7 Å². The third-order valence-corrected chi connectivity index (χ3v) is 9.75. The van der Waals surface area contributed by atoms with Gasteiger partial charge in [0.15, 0.2) is 0 Å². The van der Waals surface area contributed by atoms with Crippen molar-refractivity contribution in [3.05, 3.63) is 75.9 Å². The third-order valence-electron chi connectivity index (χ3n) is 6.24. The highest BCUT2D eigenvalue weighted by molar-refractivity contribution is 7.93. The molecule has 0 unspecified atom stereocenters. The molecule has 41 heavy (non-hydrogen) atoms. The zero-order chi connectivity index (χ0) is 29.1. The molecule has 0 amide bonds. The van der Waals surface area contributed by atoms with Crippen molar-refractivity contribution in [2.75, 3.05) is 31.4 Å². The maximum atomic E-state index is 14.5. The van der Waals surface area contributed by atoms with E-state index >= 15 is 0 Å². The van der Waals surface area contributed by atoms with Gasteiger partial charge in [0.2, 0.25) is 0 Å². The Hall–Kier alpha value is -3.55. The van der Waals surface area contributed by atoms with Gasteiger partial charge < -0.3 is 18.7 Å². The number of fused-ring (bicyclic) bond motifs is 2. The summed E-state index contributed by atoms with van der Waals surface area (Å²) in [5.41, 5.74) is 0.969. The van der Waals surface area contributed by atoms with Gasteiger partial charge in [-0.25, -0.2) is 17.7 Å². The molecule has 0 fully saturated rings. The van der Waals surface area contributed by atoms with E-state index in [2.05, 4.69) is 10.1 Å². The lowest BCUT2D eigenvalue weighted by Crippen LogP contribution is -2.34. The first-order chi connectivity index (χ1) is 19.7. The van der Waals surface area contributed by atoms with Crippen molar-refractivity contribution in [1.29, 1.82) is 0 Å². The zero-order valence-electron chi connectivity index (χ0n) is 22.4. The summed E-state index contributed by atoms with van der Waals surface area (Å²) in [7, 11) is -2.83. The van der Waals surface area contributed by atoms with Gasteiger partial charge >= 0.3 is 5.97 Å². The molecule has 3 heterocycles. The maximum absolute atomic E-state index is 14.5. The molecule has 0 spiro atoms. The number of nitrogens with zero attached hydrogens (tertiary/aromatic N) is 3. The number of anilines is 1. The van der Waals surface area contributed by atoms with Crippen molar-refractivity contribution in [1.82, 2.24) is 10.1 Å². The SMILES string of the molecule is COCCOCN(c1onc(C)c1Cl)S(=O)(=O)c1c(Cc2ccc3ccccc3c2OC(C)=O)sc2ncccc12. The number of aromatic nitrogens is 2. The number of hydrogen-bond acceptors (Lipinski definition) is 10. The molecule has 0 aliphatic carbocycles. The molecule has 0 saturated carbocycles. The quantitative estimate of drug-likeness (QED) is 0.0793. The number of halogens is 1.